The SMILES string of the molecule is CCCNCc1ccc(CSCCS(C)(=O)=O)o1. The van der Waals surface area contributed by atoms with Crippen molar-refractivity contribution in [3.05, 3.63) is 23.7 Å². The molecule has 0 atom stereocenters. The second kappa shape index (κ2) is 7.86. The molecule has 6 heteroatoms. The number of thioether (sulfide) groups is 1. The molecule has 104 valence electrons. The molecule has 18 heavy (non-hydrogen) atoms. The smallest absolute Gasteiger partial charge is 0.148 e. The second-order valence-corrected chi connectivity index (χ2v) is 7.59. The van der Waals surface area contributed by atoms with Crippen LogP contribution < -0.4 is 5.32 Å². The molecule has 0 spiro atoms. The fourth-order valence-corrected chi connectivity index (χ4v) is 3.55. The Bertz CT molecular complexity index is 440. The topological polar surface area (TPSA) is 59.3 Å². The average Bonchev–Trinajstić information content (AvgIpc) is 2.72. The van der Waals surface area contributed by atoms with Crippen LogP contribution in [0.15, 0.2) is 16.5 Å². The van der Waals surface area contributed by atoms with Gasteiger partial charge in [0.15, 0.2) is 0 Å². The number of hydrogen-bond acceptors (Lipinski definition) is 5. The van der Waals surface area contributed by atoms with E-state index in [9.17, 15) is 8.42 Å². The van der Waals surface area contributed by atoms with E-state index in [1.807, 2.05) is 12.1 Å². The highest BCUT2D eigenvalue weighted by Crippen LogP contribution is 2.15. The van der Waals surface area contributed by atoms with Crippen LogP contribution in [0.5, 0.6) is 0 Å². The van der Waals surface area contributed by atoms with Crippen LogP contribution in [-0.4, -0.2) is 32.7 Å². The lowest BCUT2D eigenvalue weighted by atomic mass is 10.4. The van der Waals surface area contributed by atoms with Crippen molar-refractivity contribution < 1.29 is 12.8 Å². The summed E-state index contributed by atoms with van der Waals surface area (Å²) in [6, 6.07) is 3.92. The summed E-state index contributed by atoms with van der Waals surface area (Å²) in [5.41, 5.74) is 0. The van der Waals surface area contributed by atoms with E-state index in [4.69, 9.17) is 4.42 Å². The molecular weight excluding hydrogens is 270 g/mol. The molecule has 0 aliphatic carbocycles. The molecule has 0 saturated heterocycles. The van der Waals surface area contributed by atoms with Crippen molar-refractivity contribution in [2.75, 3.05) is 24.3 Å². The number of hydrogen-bond donors (Lipinski definition) is 1. The van der Waals surface area contributed by atoms with Gasteiger partial charge in [0.1, 0.15) is 21.4 Å². The summed E-state index contributed by atoms with van der Waals surface area (Å²) in [5.74, 6) is 3.40. The van der Waals surface area contributed by atoms with E-state index < -0.39 is 9.84 Å². The predicted molar refractivity (Wildman–Crippen MR) is 76.6 cm³/mol. The van der Waals surface area contributed by atoms with Crippen molar-refractivity contribution in [2.45, 2.75) is 25.6 Å². The minimum absolute atomic E-state index is 0.225. The van der Waals surface area contributed by atoms with Crippen LogP contribution in [0, 0.1) is 0 Å². The first-order chi connectivity index (χ1) is 8.51. The van der Waals surface area contributed by atoms with Crippen molar-refractivity contribution in [1.82, 2.24) is 5.32 Å². The Balaban J connectivity index is 2.23. The Morgan fingerprint density at radius 2 is 2.06 bits per heavy atom. The summed E-state index contributed by atoms with van der Waals surface area (Å²) in [5, 5.41) is 3.27. The highest BCUT2D eigenvalue weighted by Gasteiger charge is 2.04. The zero-order valence-corrected chi connectivity index (χ0v) is 12.6. The number of sulfone groups is 1. The summed E-state index contributed by atoms with van der Waals surface area (Å²) < 4.78 is 27.5. The minimum Gasteiger partial charge on any atom is -0.464 e. The molecule has 0 unspecified atom stereocenters. The molecule has 0 saturated carbocycles. The van der Waals surface area contributed by atoms with Crippen molar-refractivity contribution in [1.29, 1.82) is 0 Å². The molecule has 0 aliphatic rings. The molecule has 0 aromatic carbocycles. The van der Waals surface area contributed by atoms with Crippen molar-refractivity contribution in [3.63, 3.8) is 0 Å². The van der Waals surface area contributed by atoms with Crippen molar-refractivity contribution in [3.8, 4) is 0 Å². The zero-order chi connectivity index (χ0) is 13.4. The number of rotatable bonds is 9. The van der Waals surface area contributed by atoms with Gasteiger partial charge in [-0.25, -0.2) is 8.42 Å². The zero-order valence-electron chi connectivity index (χ0n) is 10.9. The maximum absolute atomic E-state index is 10.9. The highest BCUT2D eigenvalue weighted by atomic mass is 32.2. The monoisotopic (exact) mass is 291 g/mol. The molecule has 1 aromatic rings. The first-order valence-corrected chi connectivity index (χ1v) is 9.26. The van der Waals surface area contributed by atoms with E-state index in [-0.39, 0.29) is 5.75 Å². The van der Waals surface area contributed by atoms with Crippen LogP contribution in [0.1, 0.15) is 24.9 Å². The standard InChI is InChI=1S/C12H21NO3S2/c1-3-6-13-9-11-4-5-12(16-11)10-17-7-8-18(2,14)15/h4-5,13H,3,6-10H2,1-2H3. The lowest BCUT2D eigenvalue weighted by Gasteiger charge is -2.00. The normalized spacial score (nSPS) is 11.9. The Labute approximate surface area is 113 Å². The molecule has 1 rings (SSSR count). The lowest BCUT2D eigenvalue weighted by Crippen LogP contribution is -2.13. The van der Waals surface area contributed by atoms with Gasteiger partial charge in [-0.1, -0.05) is 6.92 Å². The van der Waals surface area contributed by atoms with Gasteiger partial charge in [0.05, 0.1) is 18.1 Å². The molecule has 0 bridgehead atoms. The van der Waals surface area contributed by atoms with Gasteiger partial charge >= 0.3 is 0 Å². The van der Waals surface area contributed by atoms with E-state index in [0.29, 0.717) is 5.75 Å². The van der Waals surface area contributed by atoms with E-state index in [2.05, 4.69) is 12.2 Å². The molecule has 0 amide bonds. The van der Waals surface area contributed by atoms with Crippen LogP contribution in [-0.2, 0) is 22.1 Å². The Morgan fingerprint density at radius 3 is 2.72 bits per heavy atom. The van der Waals surface area contributed by atoms with Crippen LogP contribution in [0.2, 0.25) is 0 Å². The van der Waals surface area contributed by atoms with Gasteiger partial charge in [-0.3, -0.25) is 0 Å². The molecule has 0 fully saturated rings. The van der Waals surface area contributed by atoms with Gasteiger partial charge in [-0.15, -0.1) is 0 Å². The van der Waals surface area contributed by atoms with Gasteiger partial charge in [0.2, 0.25) is 0 Å². The fraction of sp³-hybridized carbons (Fsp3) is 0.667. The number of nitrogens with one attached hydrogen (secondary N) is 1. The third-order valence-electron chi connectivity index (χ3n) is 2.29. The van der Waals surface area contributed by atoms with Crippen LogP contribution in [0.3, 0.4) is 0 Å². The van der Waals surface area contributed by atoms with Crippen molar-refractivity contribution >= 4 is 21.6 Å². The van der Waals surface area contributed by atoms with Gasteiger partial charge in [-0.05, 0) is 25.1 Å². The summed E-state index contributed by atoms with van der Waals surface area (Å²) in [6.07, 6.45) is 2.37. The molecule has 1 aromatic heterocycles. The quantitative estimate of drug-likeness (QED) is 0.706. The second-order valence-electron chi connectivity index (χ2n) is 4.23. The van der Waals surface area contributed by atoms with Crippen LogP contribution >= 0.6 is 11.8 Å². The van der Waals surface area contributed by atoms with E-state index in [1.165, 1.54) is 6.26 Å². The van der Waals surface area contributed by atoms with Gasteiger partial charge in [-0.2, -0.15) is 11.8 Å². The van der Waals surface area contributed by atoms with E-state index in [1.54, 1.807) is 11.8 Å². The van der Waals surface area contributed by atoms with Crippen LogP contribution in [0.4, 0.5) is 0 Å². The van der Waals surface area contributed by atoms with Crippen molar-refractivity contribution in [2.24, 2.45) is 0 Å². The third kappa shape index (κ3) is 7.08. The summed E-state index contributed by atoms with van der Waals surface area (Å²) in [4.78, 5) is 0. The predicted octanol–water partition coefficient (Wildman–Crippen LogP) is 2.06. The van der Waals surface area contributed by atoms with E-state index in [0.717, 1.165) is 36.8 Å². The molecule has 0 radical (unpaired) electrons. The first-order valence-electron chi connectivity index (χ1n) is 6.05. The Morgan fingerprint density at radius 1 is 1.33 bits per heavy atom. The molecule has 1 heterocycles. The van der Waals surface area contributed by atoms with E-state index >= 15 is 0 Å². The largest absolute Gasteiger partial charge is 0.464 e. The Hall–Kier alpha value is -0.460. The third-order valence-corrected chi connectivity index (χ3v) is 4.47. The van der Waals surface area contributed by atoms with Gasteiger partial charge < -0.3 is 9.73 Å². The molecule has 0 aliphatic heterocycles. The molecule has 1 N–H and O–H groups in total. The van der Waals surface area contributed by atoms with Gasteiger partial charge in [0, 0.05) is 12.0 Å². The minimum atomic E-state index is -2.85. The molecular formula is C12H21NO3S2. The highest BCUT2D eigenvalue weighted by molar-refractivity contribution is 7.99. The summed E-state index contributed by atoms with van der Waals surface area (Å²) in [7, 11) is -2.85. The molecule has 4 nitrogen and oxygen atoms in total. The maximum atomic E-state index is 10.9. The van der Waals surface area contributed by atoms with Gasteiger partial charge in [0.25, 0.3) is 0 Å². The summed E-state index contributed by atoms with van der Waals surface area (Å²) >= 11 is 1.58. The fourth-order valence-electron chi connectivity index (χ4n) is 1.37. The Kier molecular flexibility index (Phi) is 6.81. The summed E-state index contributed by atoms with van der Waals surface area (Å²) in [6.45, 7) is 3.86. The average molecular weight is 291 g/mol. The lowest BCUT2D eigenvalue weighted by molar-refractivity contribution is 0.459. The maximum Gasteiger partial charge on any atom is 0.148 e. The van der Waals surface area contributed by atoms with Crippen LogP contribution in [0.25, 0.3) is 0 Å². The first kappa shape index (κ1) is 15.6. The number of furan rings is 1.